The number of fused-ring (bicyclic) bond motifs is 1. The predicted molar refractivity (Wildman–Crippen MR) is 76.6 cm³/mol. The standard InChI is InChI=1S/C14H17ClF2N2O2/c1-9(15)14-18-11-4-3-10(16)12(17)13(11)19(14)5-6-21-8-7-20-2/h3-4,9H,5-8H2,1-2H3. The van der Waals surface area contributed by atoms with E-state index in [1.54, 1.807) is 18.6 Å². The smallest absolute Gasteiger partial charge is 0.184 e. The highest BCUT2D eigenvalue weighted by Gasteiger charge is 2.19. The number of rotatable bonds is 7. The third-order valence-electron chi connectivity index (χ3n) is 3.08. The van der Waals surface area contributed by atoms with Crippen molar-refractivity contribution in [3.8, 4) is 0 Å². The zero-order chi connectivity index (χ0) is 15.4. The van der Waals surface area contributed by atoms with Gasteiger partial charge < -0.3 is 14.0 Å². The number of alkyl halides is 1. The fraction of sp³-hybridized carbons (Fsp3) is 0.500. The first-order chi connectivity index (χ1) is 10.1. The van der Waals surface area contributed by atoms with Gasteiger partial charge in [-0.2, -0.15) is 0 Å². The molecule has 2 rings (SSSR count). The topological polar surface area (TPSA) is 36.3 Å². The lowest BCUT2D eigenvalue weighted by Gasteiger charge is -2.11. The van der Waals surface area contributed by atoms with Crippen molar-refractivity contribution < 1.29 is 18.3 Å². The number of benzene rings is 1. The Labute approximate surface area is 126 Å². The Balaban J connectivity index is 2.30. The van der Waals surface area contributed by atoms with Crippen molar-refractivity contribution in [3.05, 3.63) is 29.6 Å². The van der Waals surface area contributed by atoms with Gasteiger partial charge in [-0.1, -0.05) is 0 Å². The molecule has 7 heteroatoms. The van der Waals surface area contributed by atoms with Crippen LogP contribution in [0.4, 0.5) is 8.78 Å². The van der Waals surface area contributed by atoms with Crippen molar-refractivity contribution in [3.63, 3.8) is 0 Å². The van der Waals surface area contributed by atoms with Gasteiger partial charge >= 0.3 is 0 Å². The van der Waals surface area contributed by atoms with Gasteiger partial charge in [0.15, 0.2) is 11.6 Å². The number of imidazole rings is 1. The predicted octanol–water partition coefficient (Wildman–Crippen LogP) is 3.28. The van der Waals surface area contributed by atoms with E-state index < -0.39 is 17.0 Å². The SMILES string of the molecule is COCCOCCn1c(C(C)Cl)nc2ccc(F)c(F)c21. The van der Waals surface area contributed by atoms with Crippen molar-refractivity contribution in [2.45, 2.75) is 18.8 Å². The normalized spacial score (nSPS) is 13.0. The quantitative estimate of drug-likeness (QED) is 0.580. The van der Waals surface area contributed by atoms with Crippen LogP contribution in [0.15, 0.2) is 12.1 Å². The van der Waals surface area contributed by atoms with Crippen LogP contribution in [-0.2, 0) is 16.0 Å². The summed E-state index contributed by atoms with van der Waals surface area (Å²) in [6.07, 6.45) is 0. The molecular formula is C14H17ClF2N2O2. The van der Waals surface area contributed by atoms with Gasteiger partial charge in [-0.25, -0.2) is 13.8 Å². The van der Waals surface area contributed by atoms with Crippen LogP contribution in [0.1, 0.15) is 18.1 Å². The molecule has 0 fully saturated rings. The largest absolute Gasteiger partial charge is 0.382 e. The minimum absolute atomic E-state index is 0.118. The molecule has 0 bridgehead atoms. The second kappa shape index (κ2) is 7.15. The van der Waals surface area contributed by atoms with Crippen molar-refractivity contribution >= 4 is 22.6 Å². The second-order valence-electron chi connectivity index (χ2n) is 4.57. The molecule has 1 aromatic heterocycles. The lowest BCUT2D eigenvalue weighted by Crippen LogP contribution is -2.12. The third kappa shape index (κ3) is 3.51. The van der Waals surface area contributed by atoms with E-state index in [0.29, 0.717) is 37.7 Å². The molecule has 0 aliphatic rings. The maximum Gasteiger partial charge on any atom is 0.184 e. The van der Waals surface area contributed by atoms with Crippen molar-refractivity contribution in [1.29, 1.82) is 0 Å². The van der Waals surface area contributed by atoms with Crippen LogP contribution in [0.2, 0.25) is 0 Å². The number of aromatic nitrogens is 2. The Morgan fingerprint density at radius 3 is 2.71 bits per heavy atom. The van der Waals surface area contributed by atoms with E-state index in [9.17, 15) is 8.78 Å². The monoisotopic (exact) mass is 318 g/mol. The summed E-state index contributed by atoms with van der Waals surface area (Å²) < 4.78 is 39.3. The molecule has 116 valence electrons. The van der Waals surface area contributed by atoms with E-state index in [2.05, 4.69) is 4.98 Å². The third-order valence-corrected chi connectivity index (χ3v) is 3.27. The first kappa shape index (κ1) is 16.1. The molecule has 0 aliphatic carbocycles. The van der Waals surface area contributed by atoms with Crippen LogP contribution in [0.3, 0.4) is 0 Å². The van der Waals surface area contributed by atoms with Crippen LogP contribution in [0.25, 0.3) is 11.0 Å². The van der Waals surface area contributed by atoms with E-state index >= 15 is 0 Å². The maximum absolute atomic E-state index is 14.0. The second-order valence-corrected chi connectivity index (χ2v) is 5.23. The molecule has 1 unspecified atom stereocenters. The van der Waals surface area contributed by atoms with Gasteiger partial charge in [-0.15, -0.1) is 11.6 Å². The van der Waals surface area contributed by atoms with E-state index in [-0.39, 0.29) is 5.52 Å². The van der Waals surface area contributed by atoms with Gasteiger partial charge in [-0.05, 0) is 19.1 Å². The first-order valence-electron chi connectivity index (χ1n) is 6.61. The first-order valence-corrected chi connectivity index (χ1v) is 7.04. The number of hydrogen-bond donors (Lipinski definition) is 0. The molecule has 21 heavy (non-hydrogen) atoms. The minimum atomic E-state index is -0.916. The van der Waals surface area contributed by atoms with Gasteiger partial charge in [0, 0.05) is 13.7 Å². The summed E-state index contributed by atoms with van der Waals surface area (Å²) in [5.41, 5.74) is 0.501. The van der Waals surface area contributed by atoms with E-state index in [4.69, 9.17) is 21.1 Å². The number of halogens is 3. The van der Waals surface area contributed by atoms with Crippen molar-refractivity contribution in [2.24, 2.45) is 0 Å². The van der Waals surface area contributed by atoms with Crippen LogP contribution in [0.5, 0.6) is 0 Å². The molecular weight excluding hydrogens is 302 g/mol. The molecule has 0 aliphatic heterocycles. The average molecular weight is 319 g/mol. The highest BCUT2D eigenvalue weighted by atomic mass is 35.5. The lowest BCUT2D eigenvalue weighted by molar-refractivity contribution is 0.0666. The zero-order valence-electron chi connectivity index (χ0n) is 11.9. The van der Waals surface area contributed by atoms with Gasteiger partial charge in [0.05, 0.1) is 30.7 Å². The molecule has 0 amide bonds. The fourth-order valence-electron chi connectivity index (χ4n) is 2.11. The van der Waals surface area contributed by atoms with Crippen LogP contribution in [0, 0.1) is 11.6 Å². The number of ether oxygens (including phenoxy) is 2. The maximum atomic E-state index is 14.0. The number of hydrogen-bond acceptors (Lipinski definition) is 3. The van der Waals surface area contributed by atoms with Crippen LogP contribution < -0.4 is 0 Å². The minimum Gasteiger partial charge on any atom is -0.382 e. The van der Waals surface area contributed by atoms with E-state index in [1.165, 1.54) is 6.07 Å². The van der Waals surface area contributed by atoms with Gasteiger partial charge in [-0.3, -0.25) is 0 Å². The van der Waals surface area contributed by atoms with Crippen LogP contribution >= 0.6 is 11.6 Å². The van der Waals surface area contributed by atoms with E-state index in [0.717, 1.165) is 6.07 Å². The van der Waals surface area contributed by atoms with Crippen molar-refractivity contribution in [2.75, 3.05) is 26.9 Å². The molecule has 1 aromatic carbocycles. The fourth-order valence-corrected chi connectivity index (χ4v) is 2.27. The molecule has 0 radical (unpaired) electrons. The van der Waals surface area contributed by atoms with E-state index in [1.807, 2.05) is 0 Å². The molecule has 1 atom stereocenters. The summed E-state index contributed by atoms with van der Waals surface area (Å²) in [6, 6.07) is 2.51. The molecule has 0 saturated carbocycles. The summed E-state index contributed by atoms with van der Waals surface area (Å²) in [7, 11) is 1.58. The van der Waals surface area contributed by atoms with Gasteiger partial charge in [0.25, 0.3) is 0 Å². The summed E-state index contributed by atoms with van der Waals surface area (Å²) in [5, 5.41) is -0.418. The molecule has 0 saturated heterocycles. The Morgan fingerprint density at radius 2 is 2.05 bits per heavy atom. The van der Waals surface area contributed by atoms with Crippen LogP contribution in [-0.4, -0.2) is 36.5 Å². The number of nitrogens with zero attached hydrogens (tertiary/aromatic N) is 2. The highest BCUT2D eigenvalue weighted by Crippen LogP contribution is 2.27. The molecule has 0 N–H and O–H groups in total. The Kier molecular flexibility index (Phi) is 5.50. The summed E-state index contributed by atoms with van der Waals surface area (Å²) >= 11 is 6.07. The Hall–Kier alpha value is -1.24. The lowest BCUT2D eigenvalue weighted by atomic mass is 10.3. The number of methoxy groups -OCH3 is 1. The Morgan fingerprint density at radius 1 is 1.29 bits per heavy atom. The van der Waals surface area contributed by atoms with Crippen molar-refractivity contribution in [1.82, 2.24) is 9.55 Å². The zero-order valence-corrected chi connectivity index (χ0v) is 12.7. The summed E-state index contributed by atoms with van der Waals surface area (Å²) in [5.74, 6) is -1.33. The molecule has 4 nitrogen and oxygen atoms in total. The molecule has 2 aromatic rings. The van der Waals surface area contributed by atoms with Gasteiger partial charge in [0.2, 0.25) is 0 Å². The molecule has 1 heterocycles. The molecule has 0 spiro atoms. The summed E-state index contributed by atoms with van der Waals surface area (Å²) in [6.45, 7) is 3.33. The average Bonchev–Trinajstić information content (AvgIpc) is 2.82. The summed E-state index contributed by atoms with van der Waals surface area (Å²) in [4.78, 5) is 4.27. The highest BCUT2D eigenvalue weighted by molar-refractivity contribution is 6.20. The van der Waals surface area contributed by atoms with Gasteiger partial charge in [0.1, 0.15) is 11.3 Å². The Bertz CT molecular complexity index is 617.